The zero-order chi connectivity index (χ0) is 14.1. The molecule has 0 aliphatic rings. The van der Waals surface area contributed by atoms with Gasteiger partial charge < -0.3 is 11.1 Å². The second-order valence-corrected chi connectivity index (χ2v) is 5.09. The summed E-state index contributed by atoms with van der Waals surface area (Å²) in [5.74, 6) is -5.02. The molecule has 0 unspecified atom stereocenters. The van der Waals surface area contributed by atoms with Crippen LogP contribution in [0.1, 0.15) is 27.7 Å². The molecule has 0 spiro atoms. The minimum Gasteiger partial charge on any atom is -0.349 e. The SMILES string of the molecule is CC(C)(N)C(C)(C)C(=O)NCC(F)(F)C(F)F. The number of halogens is 4. The van der Waals surface area contributed by atoms with Gasteiger partial charge in [-0.05, 0) is 27.7 Å². The third-order valence-electron chi connectivity index (χ3n) is 2.98. The predicted molar refractivity (Wildman–Crippen MR) is 56.0 cm³/mol. The molecule has 0 aromatic carbocycles. The highest BCUT2D eigenvalue weighted by molar-refractivity contribution is 5.83. The highest BCUT2D eigenvalue weighted by atomic mass is 19.3. The Labute approximate surface area is 97.7 Å². The third-order valence-corrected chi connectivity index (χ3v) is 2.98. The van der Waals surface area contributed by atoms with E-state index in [0.717, 1.165) is 0 Å². The van der Waals surface area contributed by atoms with Crippen molar-refractivity contribution in [2.45, 2.75) is 45.6 Å². The minimum atomic E-state index is -4.23. The largest absolute Gasteiger partial charge is 0.349 e. The number of amides is 1. The molecule has 0 aromatic rings. The summed E-state index contributed by atoms with van der Waals surface area (Å²) in [6.07, 6.45) is -3.81. The van der Waals surface area contributed by atoms with E-state index >= 15 is 0 Å². The predicted octanol–water partition coefficient (Wildman–Crippen LogP) is 1.77. The fraction of sp³-hybridized carbons (Fsp3) is 0.900. The number of nitrogens with one attached hydrogen (secondary N) is 1. The Bertz CT molecular complexity index is 285. The molecule has 0 saturated carbocycles. The lowest BCUT2D eigenvalue weighted by Crippen LogP contribution is -2.57. The summed E-state index contributed by atoms with van der Waals surface area (Å²) < 4.78 is 48.9. The van der Waals surface area contributed by atoms with Crippen LogP contribution in [-0.2, 0) is 4.79 Å². The summed E-state index contributed by atoms with van der Waals surface area (Å²) in [5.41, 5.74) is 3.61. The Kier molecular flexibility index (Phi) is 4.56. The standard InChI is InChI=1S/C10H18F4N2O/c1-8(2,9(3,4)15)7(17)16-5-10(13,14)6(11)12/h6H,5,15H2,1-4H3,(H,16,17). The molecule has 0 aliphatic heterocycles. The van der Waals surface area contributed by atoms with Gasteiger partial charge in [0.1, 0.15) is 0 Å². The van der Waals surface area contributed by atoms with Crippen LogP contribution < -0.4 is 11.1 Å². The van der Waals surface area contributed by atoms with Crippen LogP contribution in [0.4, 0.5) is 17.6 Å². The van der Waals surface area contributed by atoms with Crippen LogP contribution in [0.2, 0.25) is 0 Å². The van der Waals surface area contributed by atoms with Crippen LogP contribution >= 0.6 is 0 Å². The zero-order valence-electron chi connectivity index (χ0n) is 10.3. The first-order chi connectivity index (χ1) is 7.32. The first kappa shape index (κ1) is 16.1. The van der Waals surface area contributed by atoms with Crippen molar-refractivity contribution in [3.63, 3.8) is 0 Å². The summed E-state index contributed by atoms with van der Waals surface area (Å²) in [7, 11) is 0. The van der Waals surface area contributed by atoms with Crippen LogP contribution in [0.5, 0.6) is 0 Å². The topological polar surface area (TPSA) is 55.1 Å². The smallest absolute Gasteiger partial charge is 0.324 e. The molecule has 102 valence electrons. The van der Waals surface area contributed by atoms with Gasteiger partial charge in [-0.25, -0.2) is 8.78 Å². The fourth-order valence-corrected chi connectivity index (χ4v) is 0.789. The highest BCUT2D eigenvalue weighted by Crippen LogP contribution is 2.29. The number of carbonyl (C=O) groups excluding carboxylic acids is 1. The molecule has 3 N–H and O–H groups in total. The Morgan fingerprint density at radius 1 is 1.24 bits per heavy atom. The van der Waals surface area contributed by atoms with Gasteiger partial charge in [0.15, 0.2) is 0 Å². The van der Waals surface area contributed by atoms with Gasteiger partial charge in [0.2, 0.25) is 5.91 Å². The Morgan fingerprint density at radius 2 is 1.65 bits per heavy atom. The van der Waals surface area contributed by atoms with Gasteiger partial charge in [-0.2, -0.15) is 8.78 Å². The zero-order valence-corrected chi connectivity index (χ0v) is 10.3. The second kappa shape index (κ2) is 4.80. The maximum Gasteiger partial charge on any atom is 0.324 e. The molecule has 0 aromatic heterocycles. The number of alkyl halides is 4. The van der Waals surface area contributed by atoms with Gasteiger partial charge in [0.25, 0.3) is 0 Å². The molecule has 0 saturated heterocycles. The van der Waals surface area contributed by atoms with Crippen molar-refractivity contribution >= 4 is 5.91 Å². The van der Waals surface area contributed by atoms with Crippen LogP contribution in [0, 0.1) is 5.41 Å². The minimum absolute atomic E-state index is 0.787. The molecule has 0 radical (unpaired) electrons. The lowest BCUT2D eigenvalue weighted by molar-refractivity contribution is -0.143. The van der Waals surface area contributed by atoms with Crippen molar-refractivity contribution in [1.29, 1.82) is 0 Å². The third kappa shape index (κ3) is 3.83. The Hall–Kier alpha value is -0.850. The molecular weight excluding hydrogens is 240 g/mol. The Morgan fingerprint density at radius 3 is 1.94 bits per heavy atom. The van der Waals surface area contributed by atoms with E-state index in [1.165, 1.54) is 13.8 Å². The molecule has 17 heavy (non-hydrogen) atoms. The van der Waals surface area contributed by atoms with E-state index in [2.05, 4.69) is 0 Å². The monoisotopic (exact) mass is 258 g/mol. The van der Waals surface area contributed by atoms with Crippen molar-refractivity contribution in [2.75, 3.05) is 6.54 Å². The van der Waals surface area contributed by atoms with Crippen LogP contribution in [0.15, 0.2) is 0 Å². The number of hydrogen-bond acceptors (Lipinski definition) is 2. The van der Waals surface area contributed by atoms with Gasteiger partial charge in [-0.15, -0.1) is 0 Å². The van der Waals surface area contributed by atoms with Crippen molar-refractivity contribution < 1.29 is 22.4 Å². The molecule has 0 bridgehead atoms. The summed E-state index contributed by atoms with van der Waals surface area (Å²) in [5, 5.41) is 1.80. The molecule has 0 aliphatic carbocycles. The number of hydrogen-bond donors (Lipinski definition) is 2. The summed E-state index contributed by atoms with van der Waals surface area (Å²) in [4.78, 5) is 11.6. The van der Waals surface area contributed by atoms with E-state index < -0.39 is 35.8 Å². The maximum atomic E-state index is 12.6. The molecule has 0 rings (SSSR count). The highest BCUT2D eigenvalue weighted by Gasteiger charge is 2.44. The van der Waals surface area contributed by atoms with Gasteiger partial charge in [-0.1, -0.05) is 0 Å². The summed E-state index contributed by atoms with van der Waals surface area (Å²) in [6.45, 7) is 4.63. The van der Waals surface area contributed by atoms with Gasteiger partial charge >= 0.3 is 12.3 Å². The van der Waals surface area contributed by atoms with Crippen molar-refractivity contribution in [3.8, 4) is 0 Å². The first-order valence-corrected chi connectivity index (χ1v) is 5.05. The molecule has 7 heteroatoms. The molecule has 1 amide bonds. The molecule has 0 fully saturated rings. The number of carbonyl (C=O) groups is 1. The van der Waals surface area contributed by atoms with E-state index in [0.29, 0.717) is 0 Å². The lowest BCUT2D eigenvalue weighted by atomic mass is 9.74. The first-order valence-electron chi connectivity index (χ1n) is 5.05. The van der Waals surface area contributed by atoms with E-state index in [4.69, 9.17) is 5.73 Å². The van der Waals surface area contributed by atoms with E-state index in [1.54, 1.807) is 19.2 Å². The average Bonchev–Trinajstić information content (AvgIpc) is 2.12. The quantitative estimate of drug-likeness (QED) is 0.738. The fourth-order valence-electron chi connectivity index (χ4n) is 0.789. The number of nitrogens with two attached hydrogens (primary N) is 1. The van der Waals surface area contributed by atoms with Crippen LogP contribution in [0.25, 0.3) is 0 Å². The lowest BCUT2D eigenvalue weighted by Gasteiger charge is -2.37. The molecular formula is C10H18F4N2O. The number of rotatable bonds is 5. The van der Waals surface area contributed by atoms with Crippen molar-refractivity contribution in [2.24, 2.45) is 11.1 Å². The van der Waals surface area contributed by atoms with Crippen molar-refractivity contribution in [1.82, 2.24) is 5.32 Å². The van der Waals surface area contributed by atoms with E-state index in [9.17, 15) is 22.4 Å². The molecule has 0 heterocycles. The molecule has 0 atom stereocenters. The Balaban J connectivity index is 4.59. The van der Waals surface area contributed by atoms with Gasteiger partial charge in [-0.3, -0.25) is 4.79 Å². The average molecular weight is 258 g/mol. The summed E-state index contributed by atoms with van der Waals surface area (Å²) >= 11 is 0. The van der Waals surface area contributed by atoms with Crippen LogP contribution in [0.3, 0.4) is 0 Å². The van der Waals surface area contributed by atoms with Gasteiger partial charge in [0, 0.05) is 5.54 Å². The van der Waals surface area contributed by atoms with Crippen LogP contribution in [-0.4, -0.2) is 30.3 Å². The van der Waals surface area contributed by atoms with E-state index in [1.807, 2.05) is 0 Å². The normalized spacial score (nSPS) is 14.0. The maximum absolute atomic E-state index is 12.6. The summed E-state index contributed by atoms with van der Waals surface area (Å²) in [6, 6.07) is 0. The second-order valence-electron chi connectivity index (χ2n) is 5.09. The van der Waals surface area contributed by atoms with Crippen molar-refractivity contribution in [3.05, 3.63) is 0 Å². The molecule has 3 nitrogen and oxygen atoms in total. The van der Waals surface area contributed by atoms with E-state index in [-0.39, 0.29) is 0 Å². The van der Waals surface area contributed by atoms with Gasteiger partial charge in [0.05, 0.1) is 12.0 Å².